The average Bonchev–Trinajstić information content (AvgIpc) is 2.09. The topological polar surface area (TPSA) is 24.1 Å². The Morgan fingerprint density at radius 1 is 1.42 bits per heavy atom. The molecule has 0 aliphatic heterocycles. The van der Waals surface area contributed by atoms with Gasteiger partial charge < -0.3 is 10.6 Å². The molecule has 4 heteroatoms. The number of hydrogen-bond acceptors (Lipinski definition) is 1. The van der Waals surface area contributed by atoms with Gasteiger partial charge in [0.05, 0.1) is 6.04 Å². The predicted octanol–water partition coefficient (Wildman–Crippen LogP) is 1.36. The maximum absolute atomic E-state index is 13.2. The standard InChI is InChI=1S/C8H15FN2S/c1-10-8(12)11-7-5-3-2-4-6(7)9/h6-7H,2-5H2,1H3,(H2,10,11,12)/t6-,7-/m1/s1. The molecule has 1 rings (SSSR count). The van der Waals surface area contributed by atoms with E-state index in [-0.39, 0.29) is 6.04 Å². The van der Waals surface area contributed by atoms with Crippen LogP contribution < -0.4 is 10.6 Å². The molecular weight excluding hydrogens is 175 g/mol. The van der Waals surface area contributed by atoms with Crippen molar-refractivity contribution in [3.05, 3.63) is 0 Å². The molecule has 0 aromatic rings. The fraction of sp³-hybridized carbons (Fsp3) is 0.875. The molecule has 0 radical (unpaired) electrons. The maximum Gasteiger partial charge on any atom is 0.166 e. The second-order valence-corrected chi connectivity index (χ2v) is 3.54. The fourth-order valence-corrected chi connectivity index (χ4v) is 1.64. The molecule has 0 aromatic carbocycles. The maximum atomic E-state index is 13.2. The van der Waals surface area contributed by atoms with Crippen LogP contribution >= 0.6 is 12.2 Å². The van der Waals surface area contributed by atoms with Crippen molar-refractivity contribution in [3.63, 3.8) is 0 Å². The SMILES string of the molecule is CNC(=S)N[C@@H]1CCCC[C@H]1F. The van der Waals surface area contributed by atoms with Gasteiger partial charge in [-0.1, -0.05) is 12.8 Å². The summed E-state index contributed by atoms with van der Waals surface area (Å²) < 4.78 is 13.2. The summed E-state index contributed by atoms with van der Waals surface area (Å²) in [7, 11) is 1.74. The summed E-state index contributed by atoms with van der Waals surface area (Å²) in [6, 6.07) is -0.0706. The number of hydrogen-bond donors (Lipinski definition) is 2. The van der Waals surface area contributed by atoms with Gasteiger partial charge in [-0.05, 0) is 25.1 Å². The minimum Gasteiger partial charge on any atom is -0.366 e. The monoisotopic (exact) mass is 190 g/mol. The first-order chi connectivity index (χ1) is 5.74. The van der Waals surface area contributed by atoms with Crippen LogP contribution in [0.1, 0.15) is 25.7 Å². The minimum atomic E-state index is -0.731. The van der Waals surface area contributed by atoms with E-state index in [4.69, 9.17) is 12.2 Å². The third kappa shape index (κ3) is 2.59. The highest BCUT2D eigenvalue weighted by molar-refractivity contribution is 7.80. The van der Waals surface area contributed by atoms with E-state index in [1.165, 1.54) is 0 Å². The second-order valence-electron chi connectivity index (χ2n) is 3.13. The molecule has 0 unspecified atom stereocenters. The molecule has 1 aliphatic rings. The van der Waals surface area contributed by atoms with Gasteiger partial charge in [-0.15, -0.1) is 0 Å². The quantitative estimate of drug-likeness (QED) is 0.611. The second kappa shape index (κ2) is 4.60. The number of rotatable bonds is 1. The van der Waals surface area contributed by atoms with Crippen molar-refractivity contribution in [1.82, 2.24) is 10.6 Å². The highest BCUT2D eigenvalue weighted by atomic mass is 32.1. The Labute approximate surface area is 77.9 Å². The molecule has 0 bridgehead atoms. The predicted molar refractivity (Wildman–Crippen MR) is 51.9 cm³/mol. The van der Waals surface area contributed by atoms with E-state index in [2.05, 4.69) is 10.6 Å². The molecule has 2 nitrogen and oxygen atoms in total. The van der Waals surface area contributed by atoms with Crippen LogP contribution in [0, 0.1) is 0 Å². The van der Waals surface area contributed by atoms with E-state index in [1.54, 1.807) is 7.05 Å². The molecule has 2 atom stereocenters. The Morgan fingerprint density at radius 3 is 2.67 bits per heavy atom. The lowest BCUT2D eigenvalue weighted by atomic mass is 9.94. The van der Waals surface area contributed by atoms with Crippen LogP contribution in [0.3, 0.4) is 0 Å². The molecule has 12 heavy (non-hydrogen) atoms. The highest BCUT2D eigenvalue weighted by Gasteiger charge is 2.24. The molecule has 70 valence electrons. The molecular formula is C8H15FN2S. The van der Waals surface area contributed by atoms with Crippen molar-refractivity contribution in [1.29, 1.82) is 0 Å². The lowest BCUT2D eigenvalue weighted by Gasteiger charge is -2.27. The van der Waals surface area contributed by atoms with Crippen molar-refractivity contribution in [3.8, 4) is 0 Å². The molecule has 1 saturated carbocycles. The van der Waals surface area contributed by atoms with Crippen LogP contribution in [-0.4, -0.2) is 24.4 Å². The minimum absolute atomic E-state index is 0.0706. The van der Waals surface area contributed by atoms with Crippen molar-refractivity contribution in [2.75, 3.05) is 7.05 Å². The molecule has 2 N–H and O–H groups in total. The molecule has 0 saturated heterocycles. The van der Waals surface area contributed by atoms with Crippen LogP contribution in [0.2, 0.25) is 0 Å². The molecule has 0 aromatic heterocycles. The van der Waals surface area contributed by atoms with Gasteiger partial charge >= 0.3 is 0 Å². The van der Waals surface area contributed by atoms with Crippen LogP contribution in [-0.2, 0) is 0 Å². The zero-order valence-electron chi connectivity index (χ0n) is 7.27. The summed E-state index contributed by atoms with van der Waals surface area (Å²) in [5, 5.41) is 6.30. The summed E-state index contributed by atoms with van der Waals surface area (Å²) in [6.45, 7) is 0. The van der Waals surface area contributed by atoms with Crippen LogP contribution in [0.5, 0.6) is 0 Å². The summed E-state index contributed by atoms with van der Waals surface area (Å²) in [5.74, 6) is 0. The number of thiocarbonyl (C=S) groups is 1. The molecule has 0 heterocycles. The van der Waals surface area contributed by atoms with E-state index in [0.29, 0.717) is 11.5 Å². The first-order valence-electron chi connectivity index (χ1n) is 4.36. The Morgan fingerprint density at radius 2 is 2.08 bits per heavy atom. The lowest BCUT2D eigenvalue weighted by Crippen LogP contribution is -2.46. The van der Waals surface area contributed by atoms with Gasteiger partial charge in [-0.25, -0.2) is 4.39 Å². The van der Waals surface area contributed by atoms with Gasteiger partial charge in [0.2, 0.25) is 0 Å². The van der Waals surface area contributed by atoms with Gasteiger partial charge in [-0.2, -0.15) is 0 Å². The Bertz CT molecular complexity index is 163. The van der Waals surface area contributed by atoms with E-state index in [0.717, 1.165) is 19.3 Å². The van der Waals surface area contributed by atoms with Crippen molar-refractivity contribution in [2.24, 2.45) is 0 Å². The number of halogens is 1. The van der Waals surface area contributed by atoms with E-state index >= 15 is 0 Å². The fourth-order valence-electron chi connectivity index (χ4n) is 1.49. The molecule has 1 aliphatic carbocycles. The lowest BCUT2D eigenvalue weighted by molar-refractivity contribution is 0.204. The summed E-state index contributed by atoms with van der Waals surface area (Å²) in [6.07, 6.45) is 2.94. The molecule has 0 spiro atoms. The average molecular weight is 190 g/mol. The largest absolute Gasteiger partial charge is 0.366 e. The van der Waals surface area contributed by atoms with Gasteiger partial charge in [0.25, 0.3) is 0 Å². The Balaban J connectivity index is 2.33. The van der Waals surface area contributed by atoms with Gasteiger partial charge in [0.15, 0.2) is 5.11 Å². The van der Waals surface area contributed by atoms with E-state index in [9.17, 15) is 4.39 Å². The van der Waals surface area contributed by atoms with E-state index in [1.807, 2.05) is 0 Å². The number of nitrogens with one attached hydrogen (secondary N) is 2. The summed E-state index contributed by atoms with van der Waals surface area (Å²) in [5.41, 5.74) is 0. The zero-order chi connectivity index (χ0) is 8.97. The van der Waals surface area contributed by atoms with Gasteiger partial charge in [0.1, 0.15) is 6.17 Å². The highest BCUT2D eigenvalue weighted by Crippen LogP contribution is 2.20. The Hall–Kier alpha value is -0.380. The van der Waals surface area contributed by atoms with Crippen LogP contribution in [0.15, 0.2) is 0 Å². The summed E-state index contributed by atoms with van der Waals surface area (Å²) >= 11 is 4.90. The molecule has 1 fully saturated rings. The smallest absolute Gasteiger partial charge is 0.166 e. The van der Waals surface area contributed by atoms with Crippen molar-refractivity contribution in [2.45, 2.75) is 37.9 Å². The first kappa shape index (κ1) is 9.71. The zero-order valence-corrected chi connectivity index (χ0v) is 8.09. The normalized spacial score (nSPS) is 29.5. The first-order valence-corrected chi connectivity index (χ1v) is 4.77. The van der Waals surface area contributed by atoms with Crippen LogP contribution in [0.4, 0.5) is 4.39 Å². The van der Waals surface area contributed by atoms with Gasteiger partial charge in [-0.3, -0.25) is 0 Å². The van der Waals surface area contributed by atoms with Crippen LogP contribution in [0.25, 0.3) is 0 Å². The third-order valence-electron chi connectivity index (χ3n) is 2.23. The van der Waals surface area contributed by atoms with Gasteiger partial charge in [0, 0.05) is 7.05 Å². The number of alkyl halides is 1. The Kier molecular flexibility index (Phi) is 3.72. The van der Waals surface area contributed by atoms with Crippen molar-refractivity contribution >= 4 is 17.3 Å². The third-order valence-corrected chi connectivity index (χ3v) is 2.55. The molecule has 0 amide bonds. The summed E-state index contributed by atoms with van der Waals surface area (Å²) in [4.78, 5) is 0. The van der Waals surface area contributed by atoms with Crippen molar-refractivity contribution < 1.29 is 4.39 Å². The van der Waals surface area contributed by atoms with E-state index < -0.39 is 6.17 Å².